The number of hydrogen-bond donors (Lipinski definition) is 0. The van der Waals surface area contributed by atoms with Crippen molar-refractivity contribution in [1.29, 1.82) is 0 Å². The van der Waals surface area contributed by atoms with Crippen LogP contribution in [0.4, 0.5) is 5.13 Å². The first kappa shape index (κ1) is 64.6. The van der Waals surface area contributed by atoms with E-state index in [1.54, 1.807) is 24.4 Å². The van der Waals surface area contributed by atoms with Crippen LogP contribution in [-0.4, -0.2) is 104 Å². The zero-order chi connectivity index (χ0) is 59.6. The third kappa shape index (κ3) is 20.4. The van der Waals surface area contributed by atoms with E-state index in [0.29, 0.717) is 146 Å². The van der Waals surface area contributed by atoms with Gasteiger partial charge in [0.25, 0.3) is 0 Å². The van der Waals surface area contributed by atoms with Crippen molar-refractivity contribution in [2.24, 2.45) is 40.6 Å². The molecule has 4 fully saturated rings. The second-order valence-corrected chi connectivity index (χ2v) is 23.4. The molecule has 0 unspecified atom stereocenters. The Labute approximate surface area is 496 Å². The maximum absolute atomic E-state index is 14.0. The number of fused-ring (bicyclic) bond motifs is 1. The minimum atomic E-state index is -0.488. The monoisotopic (exact) mass is 1180 g/mol. The van der Waals surface area contributed by atoms with Gasteiger partial charge in [0.1, 0.15) is 23.7 Å². The molecule has 0 spiro atoms. The molecule has 4 aliphatic rings. The molecular formula is C64H83N3O16S. The number of benzene rings is 2. The first-order valence-electron chi connectivity index (χ1n) is 30.4. The van der Waals surface area contributed by atoms with E-state index < -0.39 is 35.7 Å². The van der Waals surface area contributed by atoms with Crippen molar-refractivity contribution in [3.05, 3.63) is 73.3 Å². The van der Waals surface area contributed by atoms with Crippen LogP contribution in [0, 0.1) is 35.5 Å². The molecule has 4 saturated carbocycles. The highest BCUT2D eigenvalue weighted by Gasteiger charge is 2.37. The molecular weight excluding hydrogens is 1100 g/mol. The lowest BCUT2D eigenvalue weighted by molar-refractivity contribution is -0.161. The number of hydrazone groups is 1. The van der Waals surface area contributed by atoms with Crippen LogP contribution >= 0.6 is 11.3 Å². The summed E-state index contributed by atoms with van der Waals surface area (Å²) in [7, 11) is 0. The molecule has 0 bridgehead atoms. The fraction of sp³-hybridized carbons (Fsp3) is 0.594. The van der Waals surface area contributed by atoms with Crippen LogP contribution in [0.3, 0.4) is 0 Å². The molecule has 0 atom stereocenters. The minimum Gasteiger partial charge on any atom is -0.465 e. The van der Waals surface area contributed by atoms with E-state index in [2.05, 4.69) is 20.1 Å². The topological polar surface area (TPSA) is 239 Å². The van der Waals surface area contributed by atoms with Gasteiger partial charge in [-0.25, -0.2) is 19.6 Å². The average Bonchev–Trinajstić information content (AvgIpc) is 3.62. The molecule has 1 heterocycles. The second-order valence-electron chi connectivity index (χ2n) is 22.3. The summed E-state index contributed by atoms with van der Waals surface area (Å²) in [4.78, 5) is 107. The molecule has 2 aromatic carbocycles. The Kier molecular flexibility index (Phi) is 26.2. The van der Waals surface area contributed by atoms with E-state index in [9.17, 15) is 38.4 Å². The van der Waals surface area contributed by atoms with E-state index in [-0.39, 0.29) is 97.7 Å². The van der Waals surface area contributed by atoms with E-state index in [0.717, 1.165) is 48.1 Å². The fourth-order valence-corrected chi connectivity index (χ4v) is 12.1. The standard InChI is InChI=1S/C64H83N3O16S/c1-4-7-8-11-36-67(64-66-53-16-9-10-17-55(53)84-64)65-42-49-41-52(82-62(74)47-26-30-50(31-27-47)80-60(72)45-22-18-43(19-23-45)58(70)78-39-14-12-37-76-56(68)5-2)34-35-54(49)83-63(75)48-28-32-51(33-29-48)81-61(73)46-24-20-44(21-25-46)59(71)79-40-15-13-38-77-57(69)6-3/h5-6,9-10,16-17,34-35,41-48,50-51H,2-4,7-8,11-15,18-33,36-40H2,1H3/b65-42+. The summed E-state index contributed by atoms with van der Waals surface area (Å²) in [6.45, 7) is 10.4. The van der Waals surface area contributed by atoms with Crippen molar-refractivity contribution >= 4 is 80.7 Å². The largest absolute Gasteiger partial charge is 0.465 e. The maximum atomic E-state index is 14.0. The molecule has 3 aromatic rings. The number of esters is 8. The lowest BCUT2D eigenvalue weighted by Crippen LogP contribution is -2.33. The first-order chi connectivity index (χ1) is 40.8. The molecule has 19 nitrogen and oxygen atoms in total. The summed E-state index contributed by atoms with van der Waals surface area (Å²) in [6, 6.07) is 12.8. The Morgan fingerprint density at radius 2 is 0.988 bits per heavy atom. The van der Waals surface area contributed by atoms with E-state index in [1.807, 2.05) is 29.3 Å². The number of anilines is 1. The van der Waals surface area contributed by atoms with Gasteiger partial charge in [-0.2, -0.15) is 5.10 Å². The molecule has 4 aliphatic carbocycles. The fourth-order valence-electron chi connectivity index (χ4n) is 11.1. The number of carbonyl (C=O) groups excluding carboxylic acids is 8. The van der Waals surface area contributed by atoms with Gasteiger partial charge in [-0.15, -0.1) is 0 Å². The highest BCUT2D eigenvalue weighted by Crippen LogP contribution is 2.37. The van der Waals surface area contributed by atoms with Gasteiger partial charge in [-0.1, -0.05) is 62.8 Å². The summed E-state index contributed by atoms with van der Waals surface area (Å²) in [6.07, 6.45) is 17.5. The summed E-state index contributed by atoms with van der Waals surface area (Å²) in [5.74, 6) is -4.50. The van der Waals surface area contributed by atoms with Gasteiger partial charge in [-0.05, 0) is 165 Å². The number of ether oxygens (including phenoxy) is 8. The molecule has 0 N–H and O–H groups in total. The van der Waals surface area contributed by atoms with Gasteiger partial charge < -0.3 is 37.9 Å². The molecule has 84 heavy (non-hydrogen) atoms. The number of aromatic nitrogens is 1. The maximum Gasteiger partial charge on any atom is 0.330 e. The van der Waals surface area contributed by atoms with Gasteiger partial charge in [0.2, 0.25) is 5.13 Å². The van der Waals surface area contributed by atoms with Gasteiger partial charge in [0.05, 0.1) is 78.4 Å². The number of thiazole rings is 1. The van der Waals surface area contributed by atoms with Crippen molar-refractivity contribution in [2.75, 3.05) is 38.0 Å². The lowest BCUT2D eigenvalue weighted by Gasteiger charge is -2.30. The molecule has 456 valence electrons. The van der Waals surface area contributed by atoms with Crippen LogP contribution in [0.1, 0.15) is 167 Å². The zero-order valence-corrected chi connectivity index (χ0v) is 49.4. The van der Waals surface area contributed by atoms with Crippen molar-refractivity contribution in [1.82, 2.24) is 4.98 Å². The molecule has 7 rings (SSSR count). The Bertz CT molecular complexity index is 2690. The smallest absolute Gasteiger partial charge is 0.330 e. The summed E-state index contributed by atoms with van der Waals surface area (Å²) in [5, 5.41) is 7.50. The molecule has 0 saturated heterocycles. The van der Waals surface area contributed by atoms with Gasteiger partial charge in [-0.3, -0.25) is 28.8 Å². The molecule has 0 aliphatic heterocycles. The van der Waals surface area contributed by atoms with Gasteiger partial charge in [0, 0.05) is 24.3 Å². The van der Waals surface area contributed by atoms with Crippen molar-refractivity contribution in [2.45, 2.75) is 173 Å². The predicted molar refractivity (Wildman–Crippen MR) is 314 cm³/mol. The Balaban J connectivity index is 0.898. The van der Waals surface area contributed by atoms with E-state index in [1.165, 1.54) is 11.3 Å². The van der Waals surface area contributed by atoms with Crippen LogP contribution in [-0.2, 0) is 66.8 Å². The summed E-state index contributed by atoms with van der Waals surface area (Å²) >= 11 is 1.53. The third-order valence-corrected chi connectivity index (χ3v) is 17.3. The summed E-state index contributed by atoms with van der Waals surface area (Å²) in [5.41, 5.74) is 1.28. The van der Waals surface area contributed by atoms with Gasteiger partial charge >= 0.3 is 47.8 Å². The number of hydrogen-bond acceptors (Lipinski definition) is 20. The normalized spacial score (nSPS) is 22.4. The van der Waals surface area contributed by atoms with Crippen LogP contribution in [0.15, 0.2) is 72.9 Å². The number of rotatable bonds is 30. The van der Waals surface area contributed by atoms with Crippen LogP contribution in [0.2, 0.25) is 0 Å². The third-order valence-electron chi connectivity index (χ3n) is 16.2. The van der Waals surface area contributed by atoms with E-state index in [4.69, 9.17) is 48.0 Å². The second kappa shape index (κ2) is 34.1. The number of nitrogens with zero attached hydrogens (tertiary/aromatic N) is 3. The SMILES string of the molecule is C=CC(=O)OCCCCOC(=O)C1CCC(C(=O)OC2CCC(C(=O)Oc3ccc(OC(=O)C4CCC(OC(=O)C5CCC(C(=O)OCCCCOC(=O)C=C)CC5)CC4)c(/C=N/N(CCCCCC)c4nc5ccccc5s4)c3)CC2)CC1. The molecule has 0 amide bonds. The molecule has 20 heteroatoms. The number of para-hydroxylation sites is 1. The Morgan fingerprint density at radius 3 is 1.48 bits per heavy atom. The van der Waals surface area contributed by atoms with E-state index >= 15 is 0 Å². The predicted octanol–water partition coefficient (Wildman–Crippen LogP) is 11.4. The zero-order valence-electron chi connectivity index (χ0n) is 48.6. The first-order valence-corrected chi connectivity index (χ1v) is 31.2. The van der Waals surface area contributed by atoms with Crippen molar-refractivity contribution in [3.63, 3.8) is 0 Å². The Hall–Kier alpha value is -6.96. The molecule has 1 aromatic heterocycles. The highest BCUT2D eigenvalue weighted by atomic mass is 32.1. The molecule has 0 radical (unpaired) electrons. The highest BCUT2D eigenvalue weighted by molar-refractivity contribution is 7.22. The lowest BCUT2D eigenvalue weighted by atomic mass is 9.82. The Morgan fingerprint density at radius 1 is 0.536 bits per heavy atom. The quantitative estimate of drug-likeness (QED) is 0.0115. The van der Waals surface area contributed by atoms with Crippen LogP contribution < -0.4 is 14.5 Å². The van der Waals surface area contributed by atoms with Crippen molar-refractivity contribution < 1.29 is 76.3 Å². The minimum absolute atomic E-state index is 0.231. The average molecular weight is 1180 g/mol. The number of carbonyl (C=O) groups is 8. The number of unbranched alkanes of at least 4 members (excludes halogenated alkanes) is 5. The van der Waals surface area contributed by atoms with Crippen LogP contribution in [0.5, 0.6) is 11.5 Å². The van der Waals surface area contributed by atoms with Crippen molar-refractivity contribution in [3.8, 4) is 11.5 Å². The van der Waals surface area contributed by atoms with Crippen LogP contribution in [0.25, 0.3) is 10.2 Å². The van der Waals surface area contributed by atoms with Gasteiger partial charge in [0.15, 0.2) is 0 Å². The summed E-state index contributed by atoms with van der Waals surface area (Å²) < 4.78 is 45.9.